The Hall–Kier alpha value is -2.55. The molecule has 0 radical (unpaired) electrons. The Labute approximate surface area is 198 Å². The molecule has 0 N–H and O–H groups in total. The summed E-state index contributed by atoms with van der Waals surface area (Å²) in [5.41, 5.74) is 0.229. The van der Waals surface area contributed by atoms with Crippen LogP contribution in [0, 0.1) is 5.82 Å². The minimum Gasteiger partial charge on any atom is -0.385 e. The second kappa shape index (κ2) is 10.2. The Bertz CT molecular complexity index is 978. The summed E-state index contributed by atoms with van der Waals surface area (Å²) < 4.78 is 19.4. The highest BCUT2D eigenvalue weighted by molar-refractivity contribution is 6.31. The van der Waals surface area contributed by atoms with E-state index >= 15 is 0 Å². The van der Waals surface area contributed by atoms with Crippen LogP contribution < -0.4 is 0 Å². The summed E-state index contributed by atoms with van der Waals surface area (Å²) in [4.78, 5) is 36.3. The SMILES string of the molecule is COCCCN1C(=O)N(Cc2ccccn2)C(=O)C12CCN(Cc1c(F)cccc1Cl)CC2. The number of imide groups is 1. The average Bonchev–Trinajstić information content (AvgIpc) is 3.00. The monoisotopic (exact) mass is 474 g/mol. The molecule has 0 aliphatic carbocycles. The van der Waals surface area contributed by atoms with Gasteiger partial charge in [-0.1, -0.05) is 23.7 Å². The van der Waals surface area contributed by atoms with Gasteiger partial charge in [-0.05, 0) is 43.5 Å². The van der Waals surface area contributed by atoms with Gasteiger partial charge in [-0.25, -0.2) is 9.18 Å². The molecule has 2 saturated heterocycles. The number of benzene rings is 1. The number of hydrogen-bond acceptors (Lipinski definition) is 5. The molecule has 0 atom stereocenters. The first-order chi connectivity index (χ1) is 16.0. The summed E-state index contributed by atoms with van der Waals surface area (Å²) in [6.45, 7) is 2.58. The number of nitrogens with zero attached hydrogens (tertiary/aromatic N) is 4. The summed E-state index contributed by atoms with van der Waals surface area (Å²) in [6.07, 6.45) is 3.26. The molecule has 176 valence electrons. The highest BCUT2D eigenvalue weighted by Gasteiger charge is 2.57. The third kappa shape index (κ3) is 4.74. The molecule has 0 saturated carbocycles. The van der Waals surface area contributed by atoms with Crippen molar-refractivity contribution in [2.45, 2.75) is 37.9 Å². The number of likely N-dealkylation sites (tertiary alicyclic amines) is 1. The van der Waals surface area contributed by atoms with Gasteiger partial charge in [0.15, 0.2) is 0 Å². The van der Waals surface area contributed by atoms with E-state index in [4.69, 9.17) is 16.3 Å². The van der Waals surface area contributed by atoms with Gasteiger partial charge in [-0.2, -0.15) is 0 Å². The van der Waals surface area contributed by atoms with E-state index in [-0.39, 0.29) is 24.3 Å². The van der Waals surface area contributed by atoms with Crippen LogP contribution in [-0.4, -0.2) is 70.5 Å². The van der Waals surface area contributed by atoms with Crippen LogP contribution in [0.25, 0.3) is 0 Å². The zero-order valence-electron chi connectivity index (χ0n) is 18.7. The standard InChI is InChI=1S/C24H28ClFN4O3/c1-33-15-5-12-30-23(32)29(16-18-6-2-3-11-27-18)22(31)24(30)9-13-28(14-10-24)17-19-20(25)7-4-8-21(19)26/h2-4,6-8,11H,5,9-10,12-17H2,1H3. The molecule has 0 unspecified atom stereocenters. The van der Waals surface area contributed by atoms with E-state index in [9.17, 15) is 14.0 Å². The van der Waals surface area contributed by atoms with Crippen molar-refractivity contribution in [3.8, 4) is 0 Å². The third-order valence-corrected chi connectivity index (χ3v) is 6.88. The number of piperidine rings is 1. The van der Waals surface area contributed by atoms with Crippen molar-refractivity contribution < 1.29 is 18.7 Å². The number of halogens is 2. The molecule has 33 heavy (non-hydrogen) atoms. The van der Waals surface area contributed by atoms with Crippen LogP contribution in [0.2, 0.25) is 5.02 Å². The number of aromatic nitrogens is 1. The molecule has 1 spiro atoms. The van der Waals surface area contributed by atoms with Crippen LogP contribution in [0.4, 0.5) is 9.18 Å². The van der Waals surface area contributed by atoms with Crippen molar-refractivity contribution in [3.05, 3.63) is 64.7 Å². The summed E-state index contributed by atoms with van der Waals surface area (Å²) >= 11 is 6.20. The smallest absolute Gasteiger partial charge is 0.328 e. The number of amides is 3. The van der Waals surface area contributed by atoms with Gasteiger partial charge in [0.2, 0.25) is 0 Å². The van der Waals surface area contributed by atoms with Crippen molar-refractivity contribution in [3.63, 3.8) is 0 Å². The fourth-order valence-corrected chi connectivity index (χ4v) is 4.95. The van der Waals surface area contributed by atoms with Gasteiger partial charge in [-0.15, -0.1) is 0 Å². The zero-order valence-corrected chi connectivity index (χ0v) is 19.4. The lowest BCUT2D eigenvalue weighted by Gasteiger charge is -2.42. The Balaban J connectivity index is 1.52. The number of hydrogen-bond donors (Lipinski definition) is 0. The molecule has 3 heterocycles. The van der Waals surface area contributed by atoms with Crippen molar-refractivity contribution in [2.24, 2.45) is 0 Å². The number of rotatable bonds is 8. The van der Waals surface area contributed by atoms with Crippen molar-refractivity contribution in [2.75, 3.05) is 33.4 Å². The number of ether oxygens (including phenoxy) is 1. The van der Waals surface area contributed by atoms with Crippen LogP contribution in [0.1, 0.15) is 30.5 Å². The molecule has 2 fully saturated rings. The fraction of sp³-hybridized carbons (Fsp3) is 0.458. The highest BCUT2D eigenvalue weighted by Crippen LogP contribution is 2.38. The molecule has 1 aromatic carbocycles. The second-order valence-electron chi connectivity index (χ2n) is 8.50. The molecular weight excluding hydrogens is 447 g/mol. The molecule has 7 nitrogen and oxygen atoms in total. The predicted octanol–water partition coefficient (Wildman–Crippen LogP) is 3.71. The van der Waals surface area contributed by atoms with Crippen LogP contribution in [0.3, 0.4) is 0 Å². The Kier molecular flexibility index (Phi) is 7.26. The highest BCUT2D eigenvalue weighted by atomic mass is 35.5. The molecular formula is C24H28ClFN4O3. The molecule has 2 aliphatic heterocycles. The summed E-state index contributed by atoms with van der Waals surface area (Å²) in [5.74, 6) is -0.517. The lowest BCUT2D eigenvalue weighted by molar-refractivity contribution is -0.136. The first-order valence-corrected chi connectivity index (χ1v) is 11.5. The van der Waals surface area contributed by atoms with E-state index in [1.54, 1.807) is 36.4 Å². The molecule has 2 aromatic rings. The first-order valence-electron chi connectivity index (χ1n) is 11.1. The number of carbonyl (C=O) groups is 2. The Morgan fingerprint density at radius 1 is 1.12 bits per heavy atom. The maximum atomic E-state index is 14.3. The van der Waals surface area contributed by atoms with Gasteiger partial charge >= 0.3 is 6.03 Å². The van der Waals surface area contributed by atoms with Crippen molar-refractivity contribution in [1.29, 1.82) is 0 Å². The minimum absolute atomic E-state index is 0.148. The lowest BCUT2D eigenvalue weighted by atomic mass is 9.85. The third-order valence-electron chi connectivity index (χ3n) is 6.52. The van der Waals surface area contributed by atoms with Gasteiger partial charge in [0.25, 0.3) is 5.91 Å². The summed E-state index contributed by atoms with van der Waals surface area (Å²) in [6, 6.07) is 9.83. The minimum atomic E-state index is -0.894. The number of carbonyl (C=O) groups excluding carboxylic acids is 2. The Morgan fingerprint density at radius 2 is 1.91 bits per heavy atom. The summed E-state index contributed by atoms with van der Waals surface area (Å²) in [5, 5.41) is 0.394. The van der Waals surface area contributed by atoms with Crippen LogP contribution in [0.5, 0.6) is 0 Å². The van der Waals surface area contributed by atoms with E-state index in [2.05, 4.69) is 9.88 Å². The van der Waals surface area contributed by atoms with Gasteiger partial charge in [0, 0.05) is 56.7 Å². The summed E-state index contributed by atoms with van der Waals surface area (Å²) in [7, 11) is 1.62. The topological polar surface area (TPSA) is 66.0 Å². The van der Waals surface area contributed by atoms with Crippen molar-refractivity contribution in [1.82, 2.24) is 19.7 Å². The van der Waals surface area contributed by atoms with Gasteiger partial charge in [-0.3, -0.25) is 19.6 Å². The maximum absolute atomic E-state index is 14.3. The van der Waals surface area contributed by atoms with E-state index < -0.39 is 5.54 Å². The van der Waals surface area contributed by atoms with Crippen LogP contribution in [0.15, 0.2) is 42.6 Å². The average molecular weight is 475 g/mol. The maximum Gasteiger partial charge on any atom is 0.328 e. The molecule has 0 bridgehead atoms. The molecule has 9 heteroatoms. The lowest BCUT2D eigenvalue weighted by Crippen LogP contribution is -2.56. The molecule has 1 aromatic heterocycles. The first kappa shape index (κ1) is 23.6. The normalized spacial score (nSPS) is 18.5. The quantitative estimate of drug-likeness (QED) is 0.431. The van der Waals surface area contributed by atoms with E-state index in [1.165, 1.54) is 11.0 Å². The van der Waals surface area contributed by atoms with Gasteiger partial charge in [0.05, 0.1) is 12.2 Å². The Morgan fingerprint density at radius 3 is 2.58 bits per heavy atom. The molecule has 3 amide bonds. The number of methoxy groups -OCH3 is 1. The fourth-order valence-electron chi connectivity index (χ4n) is 4.72. The van der Waals surface area contributed by atoms with Crippen LogP contribution in [-0.2, 0) is 22.6 Å². The largest absolute Gasteiger partial charge is 0.385 e. The van der Waals surface area contributed by atoms with Crippen LogP contribution >= 0.6 is 11.6 Å². The zero-order chi connectivity index (χ0) is 23.4. The molecule has 2 aliphatic rings. The van der Waals surface area contributed by atoms with Gasteiger partial charge < -0.3 is 9.64 Å². The van der Waals surface area contributed by atoms with Gasteiger partial charge in [0.1, 0.15) is 11.4 Å². The number of pyridine rings is 1. The number of urea groups is 1. The van der Waals surface area contributed by atoms with E-state index in [0.29, 0.717) is 68.3 Å². The van der Waals surface area contributed by atoms with Crippen molar-refractivity contribution >= 4 is 23.5 Å². The second-order valence-corrected chi connectivity index (χ2v) is 8.91. The van der Waals surface area contributed by atoms with E-state index in [1.807, 2.05) is 12.1 Å². The predicted molar refractivity (Wildman–Crippen MR) is 122 cm³/mol. The molecule has 4 rings (SSSR count). The van der Waals surface area contributed by atoms with E-state index in [0.717, 1.165) is 0 Å².